The Bertz CT molecular complexity index is 770. The van der Waals surface area contributed by atoms with E-state index >= 15 is 0 Å². The van der Waals surface area contributed by atoms with Gasteiger partial charge in [0.25, 0.3) is 0 Å². The van der Waals surface area contributed by atoms with E-state index in [2.05, 4.69) is 15.0 Å². The largest absolute Gasteiger partial charge is 0.478 e. The Kier molecular flexibility index (Phi) is 3.33. The van der Waals surface area contributed by atoms with Crippen molar-refractivity contribution in [3.8, 4) is 0 Å². The third-order valence-corrected chi connectivity index (χ3v) is 3.75. The Morgan fingerprint density at radius 2 is 2.15 bits per heavy atom. The van der Waals surface area contributed by atoms with Gasteiger partial charge in [0, 0.05) is 6.20 Å². The molecule has 100 valence electrons. The maximum absolute atomic E-state index is 11.0. The number of aromatic amines is 1. The fraction of sp³-hybridized carbons (Fsp3) is 0. The summed E-state index contributed by atoms with van der Waals surface area (Å²) in [6.07, 6.45) is 1.33. The molecule has 0 aliphatic rings. The first-order valence-corrected chi connectivity index (χ1v) is 6.84. The molecule has 0 fully saturated rings. The lowest BCUT2D eigenvalue weighted by Gasteiger charge is -2.01. The lowest BCUT2D eigenvalue weighted by molar-refractivity contribution is 0.0696. The second kappa shape index (κ2) is 5.15. The van der Waals surface area contributed by atoms with Gasteiger partial charge in [-0.05, 0) is 30.0 Å². The molecule has 0 amide bonds. The third-order valence-electron chi connectivity index (χ3n) is 2.63. The van der Waals surface area contributed by atoms with E-state index in [0.717, 1.165) is 11.0 Å². The number of carboxylic acids is 1. The molecule has 5 nitrogen and oxygen atoms in total. The molecule has 0 bridgehead atoms. The molecule has 2 aromatic heterocycles. The average molecular weight is 306 g/mol. The number of H-pyrrole nitrogens is 1. The predicted octanol–water partition coefficient (Wildman–Crippen LogP) is 3.46. The van der Waals surface area contributed by atoms with Crippen molar-refractivity contribution in [1.82, 2.24) is 15.0 Å². The van der Waals surface area contributed by atoms with E-state index < -0.39 is 5.97 Å². The molecule has 0 atom stereocenters. The zero-order valence-electron chi connectivity index (χ0n) is 10.0. The number of aromatic carboxylic acids is 1. The SMILES string of the molecule is O=C(O)c1cc(Sc2nc3ccccc3[nH]2)ncc1Cl. The highest BCUT2D eigenvalue weighted by Gasteiger charge is 2.12. The van der Waals surface area contributed by atoms with Crippen LogP contribution in [0.2, 0.25) is 5.02 Å². The summed E-state index contributed by atoms with van der Waals surface area (Å²) in [5.41, 5.74) is 1.80. The second-order valence-corrected chi connectivity index (χ2v) is 5.39. The van der Waals surface area contributed by atoms with E-state index in [1.807, 2.05) is 24.3 Å². The number of fused-ring (bicyclic) bond motifs is 1. The van der Waals surface area contributed by atoms with Crippen molar-refractivity contribution in [3.05, 3.63) is 47.1 Å². The van der Waals surface area contributed by atoms with E-state index in [1.165, 1.54) is 24.0 Å². The summed E-state index contributed by atoms with van der Waals surface area (Å²) in [5.74, 6) is -1.08. The monoisotopic (exact) mass is 305 g/mol. The number of halogens is 1. The molecule has 1 aromatic carbocycles. The first kappa shape index (κ1) is 13.0. The van der Waals surface area contributed by atoms with E-state index in [4.69, 9.17) is 16.7 Å². The topological polar surface area (TPSA) is 78.9 Å². The minimum atomic E-state index is -1.08. The Labute approximate surface area is 123 Å². The van der Waals surface area contributed by atoms with Gasteiger partial charge < -0.3 is 10.1 Å². The van der Waals surface area contributed by atoms with Crippen LogP contribution in [0, 0.1) is 0 Å². The smallest absolute Gasteiger partial charge is 0.337 e. The van der Waals surface area contributed by atoms with Crippen molar-refractivity contribution < 1.29 is 9.90 Å². The molecule has 0 saturated heterocycles. The van der Waals surface area contributed by atoms with Crippen molar-refractivity contribution >= 4 is 40.4 Å². The van der Waals surface area contributed by atoms with E-state index in [0.29, 0.717) is 10.2 Å². The molecule has 0 spiro atoms. The number of rotatable bonds is 3. The van der Waals surface area contributed by atoms with Gasteiger partial charge in [-0.3, -0.25) is 0 Å². The summed E-state index contributed by atoms with van der Waals surface area (Å²) in [4.78, 5) is 22.6. The number of imidazole rings is 1. The molecule has 3 rings (SSSR count). The lowest BCUT2D eigenvalue weighted by atomic mass is 10.3. The maximum Gasteiger partial charge on any atom is 0.337 e. The van der Waals surface area contributed by atoms with Crippen LogP contribution in [-0.2, 0) is 0 Å². The van der Waals surface area contributed by atoms with Crippen molar-refractivity contribution in [2.45, 2.75) is 10.2 Å². The van der Waals surface area contributed by atoms with Crippen molar-refractivity contribution in [2.24, 2.45) is 0 Å². The van der Waals surface area contributed by atoms with Crippen LogP contribution in [0.15, 0.2) is 46.7 Å². The van der Waals surface area contributed by atoms with Crippen LogP contribution in [0.1, 0.15) is 10.4 Å². The summed E-state index contributed by atoms with van der Waals surface area (Å²) >= 11 is 7.04. The van der Waals surface area contributed by atoms with Crippen molar-refractivity contribution in [3.63, 3.8) is 0 Å². The van der Waals surface area contributed by atoms with Crippen LogP contribution in [-0.4, -0.2) is 26.0 Å². The zero-order valence-corrected chi connectivity index (χ0v) is 11.6. The van der Waals surface area contributed by atoms with Gasteiger partial charge in [-0.15, -0.1) is 0 Å². The Hall–Kier alpha value is -2.05. The number of hydrogen-bond acceptors (Lipinski definition) is 4. The molecule has 0 aliphatic heterocycles. The number of nitrogens with one attached hydrogen (secondary N) is 1. The molecule has 20 heavy (non-hydrogen) atoms. The summed E-state index contributed by atoms with van der Waals surface area (Å²) in [6, 6.07) is 9.07. The Morgan fingerprint density at radius 3 is 2.90 bits per heavy atom. The number of carbonyl (C=O) groups is 1. The highest BCUT2D eigenvalue weighted by molar-refractivity contribution is 7.99. The fourth-order valence-corrected chi connectivity index (χ4v) is 2.69. The van der Waals surface area contributed by atoms with Gasteiger partial charge in [-0.2, -0.15) is 0 Å². The Morgan fingerprint density at radius 1 is 1.35 bits per heavy atom. The molecule has 3 aromatic rings. The van der Waals surface area contributed by atoms with Gasteiger partial charge in [-0.1, -0.05) is 23.7 Å². The van der Waals surface area contributed by atoms with E-state index in [-0.39, 0.29) is 10.6 Å². The Balaban J connectivity index is 1.94. The van der Waals surface area contributed by atoms with Crippen LogP contribution in [0.5, 0.6) is 0 Å². The van der Waals surface area contributed by atoms with Gasteiger partial charge in [-0.25, -0.2) is 14.8 Å². The summed E-state index contributed by atoms with van der Waals surface area (Å²) < 4.78 is 0. The standard InChI is InChI=1S/C13H8ClN3O2S/c14-8-6-15-11(5-7(8)12(18)19)20-13-16-9-3-1-2-4-10(9)17-13/h1-6H,(H,16,17)(H,18,19). The number of nitrogens with zero attached hydrogens (tertiary/aromatic N) is 2. The summed E-state index contributed by atoms with van der Waals surface area (Å²) in [6.45, 7) is 0. The van der Waals surface area contributed by atoms with Crippen LogP contribution in [0.3, 0.4) is 0 Å². The average Bonchev–Trinajstić information content (AvgIpc) is 2.82. The van der Waals surface area contributed by atoms with Crippen LogP contribution < -0.4 is 0 Å². The molecule has 0 aliphatic carbocycles. The normalized spacial score (nSPS) is 10.8. The minimum Gasteiger partial charge on any atom is -0.478 e. The number of para-hydroxylation sites is 2. The lowest BCUT2D eigenvalue weighted by Crippen LogP contribution is -1.98. The number of pyridine rings is 1. The van der Waals surface area contributed by atoms with Crippen LogP contribution >= 0.6 is 23.4 Å². The summed E-state index contributed by atoms with van der Waals surface area (Å²) in [5, 5.41) is 10.3. The van der Waals surface area contributed by atoms with Crippen molar-refractivity contribution in [1.29, 1.82) is 0 Å². The van der Waals surface area contributed by atoms with Gasteiger partial charge in [0.05, 0.1) is 21.6 Å². The van der Waals surface area contributed by atoms with E-state index in [9.17, 15) is 4.79 Å². The molecular weight excluding hydrogens is 298 g/mol. The minimum absolute atomic E-state index is 0.0280. The van der Waals surface area contributed by atoms with Gasteiger partial charge >= 0.3 is 5.97 Å². The molecule has 2 heterocycles. The highest BCUT2D eigenvalue weighted by atomic mass is 35.5. The van der Waals surface area contributed by atoms with E-state index in [1.54, 1.807) is 0 Å². The van der Waals surface area contributed by atoms with Gasteiger partial charge in [0.1, 0.15) is 5.03 Å². The number of aromatic nitrogens is 3. The molecule has 0 unspecified atom stereocenters. The molecule has 0 radical (unpaired) electrons. The molecule has 2 N–H and O–H groups in total. The molecule has 0 saturated carbocycles. The predicted molar refractivity (Wildman–Crippen MR) is 76.4 cm³/mol. The van der Waals surface area contributed by atoms with Crippen LogP contribution in [0.25, 0.3) is 11.0 Å². The van der Waals surface area contributed by atoms with Gasteiger partial charge in [0.2, 0.25) is 0 Å². The first-order chi connectivity index (χ1) is 9.63. The van der Waals surface area contributed by atoms with Crippen molar-refractivity contribution in [2.75, 3.05) is 0 Å². The molecular formula is C13H8ClN3O2S. The number of benzene rings is 1. The van der Waals surface area contributed by atoms with Gasteiger partial charge in [0.15, 0.2) is 5.16 Å². The zero-order chi connectivity index (χ0) is 14.1. The second-order valence-electron chi connectivity index (χ2n) is 3.97. The third kappa shape index (κ3) is 2.48. The first-order valence-electron chi connectivity index (χ1n) is 5.65. The number of carboxylic acid groups (broad SMARTS) is 1. The highest BCUT2D eigenvalue weighted by Crippen LogP contribution is 2.28. The fourth-order valence-electron chi connectivity index (χ4n) is 1.72. The maximum atomic E-state index is 11.0. The quantitative estimate of drug-likeness (QED) is 0.774. The summed E-state index contributed by atoms with van der Waals surface area (Å²) in [7, 11) is 0. The number of hydrogen-bond donors (Lipinski definition) is 2. The molecule has 7 heteroatoms. The van der Waals surface area contributed by atoms with Crippen LogP contribution in [0.4, 0.5) is 0 Å².